The van der Waals surface area contributed by atoms with Gasteiger partial charge in [-0.05, 0) is 51.0 Å². The van der Waals surface area contributed by atoms with Gasteiger partial charge in [0.15, 0.2) is 0 Å². The summed E-state index contributed by atoms with van der Waals surface area (Å²) in [4.78, 5) is 211. The Morgan fingerprint density at radius 2 is 1.13 bits per heavy atom. The largest absolute Gasteiger partial charge is 0.481 e. The maximum atomic E-state index is 15.2. The Hall–Kier alpha value is -8.23. The smallest absolute Gasteiger partial charge is 0.317 e. The van der Waals surface area contributed by atoms with Crippen LogP contribution in [-0.4, -0.2) is 313 Å². The van der Waals surface area contributed by atoms with Crippen molar-refractivity contribution in [3.63, 3.8) is 0 Å². The number of benzene rings is 1. The molecule has 1 aromatic rings. The molecule has 0 aliphatic carbocycles. The second-order valence-electron chi connectivity index (χ2n) is 24.5. The molecule has 4 fully saturated rings. The molecule has 1 unspecified atom stereocenters. The van der Waals surface area contributed by atoms with E-state index in [-0.39, 0.29) is 123 Å². The molecule has 0 saturated carbocycles. The quantitative estimate of drug-likeness (QED) is 0.0387. The summed E-state index contributed by atoms with van der Waals surface area (Å²) in [5.74, 6) is -17.4. The van der Waals surface area contributed by atoms with E-state index in [0.29, 0.717) is 24.8 Å². The fraction of sp³-hybridized carbons (Fsp3) is 0.656. The van der Waals surface area contributed by atoms with Crippen LogP contribution in [0.4, 0.5) is 0 Å². The monoisotopic (exact) mass is 1420 g/mol. The number of primary amides is 1. The molecule has 4 aliphatic rings. The third kappa shape index (κ3) is 26.9. The maximum Gasteiger partial charge on any atom is 0.317 e. The Balaban J connectivity index is 1.50. The number of fused-ring (bicyclic) bond motifs is 2. The van der Waals surface area contributed by atoms with Gasteiger partial charge in [-0.3, -0.25) is 91.5 Å². The molecule has 15 N–H and O–H groups in total. The summed E-state index contributed by atoms with van der Waals surface area (Å²) in [6.07, 6.45) is -2.25. The summed E-state index contributed by atoms with van der Waals surface area (Å²) in [5.41, 5.74) is 5.93. The minimum absolute atomic E-state index is 0.00286. The standard InChI is InChI=1S/C61H92N14O21S2/c1-3-4-12-38(29-63-46(77)30-70-19-21-71(31-49(82)83)23-25-73(33-51(86)87)26-24-72(22-20-70)32-50(84)85)54(89)68-43-35-98-97-34-42(57(92)65-40(53(62)88)28-48(80)81)67-56(91)41(27-37-10-6-5-7-11-37)66-55(90)39(15-16-47(78)79)64-59(94)52(36(2)76)69-58(93)44-13-8-17-74(44)61(96)45-14-9-18-75(45)60(43)95/h5-7,10-11,36,38-45,52,76H,3-4,8-9,12-35H2,1-2H3,(H2,62,88)(H,63,77)(H,64,94)(H,65,92)(H,66,90)(H,67,91)(H,68,89)(H,69,93)(H,78,79)(H,80,81)(H,82,83)(H,84,85)(H,86,87)/t36-,38?,39+,40+,41+,42+,43+,44+,45+,52+/m1/s1. The number of aliphatic carboxylic acids is 5. The second-order valence-corrected chi connectivity index (χ2v) is 27.1. The number of aliphatic hydroxyl groups is 1. The maximum absolute atomic E-state index is 15.2. The van der Waals surface area contributed by atoms with E-state index < -0.39 is 187 Å². The third-order valence-corrected chi connectivity index (χ3v) is 19.4. The number of amides is 10. The fourth-order valence-electron chi connectivity index (χ4n) is 11.6. The Kier molecular flexibility index (Phi) is 33.3. The molecule has 544 valence electrons. The van der Waals surface area contributed by atoms with E-state index in [9.17, 15) is 97.8 Å². The van der Waals surface area contributed by atoms with Crippen LogP contribution < -0.4 is 43.0 Å². The number of nitrogens with two attached hydrogens (primary N) is 1. The predicted molar refractivity (Wildman–Crippen MR) is 351 cm³/mol. The van der Waals surface area contributed by atoms with Gasteiger partial charge in [-0.2, -0.15) is 0 Å². The highest BCUT2D eigenvalue weighted by atomic mass is 33.1. The van der Waals surface area contributed by atoms with Gasteiger partial charge in [-0.25, -0.2) is 0 Å². The van der Waals surface area contributed by atoms with Gasteiger partial charge in [-0.15, -0.1) is 0 Å². The van der Waals surface area contributed by atoms with Crippen LogP contribution in [0.1, 0.15) is 83.6 Å². The van der Waals surface area contributed by atoms with Crippen LogP contribution in [-0.2, 0) is 78.3 Å². The third-order valence-electron chi connectivity index (χ3n) is 17.0. The number of carboxylic acids is 5. The average Bonchev–Trinajstić information content (AvgIpc) is 1.59. The van der Waals surface area contributed by atoms with Gasteiger partial charge in [-0.1, -0.05) is 71.7 Å². The number of hydrogen-bond acceptors (Lipinski definition) is 22. The van der Waals surface area contributed by atoms with Crippen LogP contribution >= 0.6 is 21.6 Å². The minimum Gasteiger partial charge on any atom is -0.481 e. The summed E-state index contributed by atoms with van der Waals surface area (Å²) in [5, 5.41) is 77.0. The topological polar surface area (TPSA) is 507 Å². The van der Waals surface area contributed by atoms with Crippen molar-refractivity contribution < 1.29 is 103 Å². The number of carbonyl (C=O) groups is 15. The van der Waals surface area contributed by atoms with Crippen molar-refractivity contribution in [1.82, 2.24) is 66.6 Å². The van der Waals surface area contributed by atoms with Crippen LogP contribution in [0.25, 0.3) is 0 Å². The summed E-state index contributed by atoms with van der Waals surface area (Å²) in [6.45, 7) is 2.38. The van der Waals surface area contributed by atoms with Gasteiger partial charge in [0, 0.05) is 96.3 Å². The molecule has 35 nitrogen and oxygen atoms in total. The van der Waals surface area contributed by atoms with E-state index in [4.69, 9.17) is 5.73 Å². The highest BCUT2D eigenvalue weighted by molar-refractivity contribution is 8.76. The van der Waals surface area contributed by atoms with Crippen LogP contribution in [0.5, 0.6) is 0 Å². The lowest BCUT2D eigenvalue weighted by molar-refractivity contribution is -0.148. The van der Waals surface area contributed by atoms with Crippen molar-refractivity contribution in [2.45, 2.75) is 139 Å². The normalized spacial score (nSPS) is 24.1. The van der Waals surface area contributed by atoms with E-state index in [1.165, 1.54) is 9.80 Å². The molecule has 0 aromatic heterocycles. The summed E-state index contributed by atoms with van der Waals surface area (Å²) >= 11 is 0. The van der Waals surface area contributed by atoms with Crippen LogP contribution in [0.3, 0.4) is 0 Å². The molecule has 1 aromatic carbocycles. The van der Waals surface area contributed by atoms with Crippen molar-refractivity contribution in [2.24, 2.45) is 11.7 Å². The molecule has 4 heterocycles. The molecule has 37 heteroatoms. The van der Waals surface area contributed by atoms with Gasteiger partial charge >= 0.3 is 29.8 Å². The van der Waals surface area contributed by atoms with E-state index in [2.05, 4.69) is 37.2 Å². The summed E-state index contributed by atoms with van der Waals surface area (Å²) in [6, 6.07) is -4.55. The lowest BCUT2D eigenvalue weighted by Crippen LogP contribution is -2.62. The van der Waals surface area contributed by atoms with Crippen LogP contribution in [0.2, 0.25) is 0 Å². The number of aliphatic hydroxyl groups excluding tert-OH is 1. The molecule has 98 heavy (non-hydrogen) atoms. The Morgan fingerprint density at radius 3 is 1.65 bits per heavy atom. The molecule has 10 atom stereocenters. The van der Waals surface area contributed by atoms with Gasteiger partial charge in [0.1, 0.15) is 48.3 Å². The number of hydrogen-bond donors (Lipinski definition) is 14. The Bertz CT molecular complexity index is 2960. The van der Waals surface area contributed by atoms with E-state index in [0.717, 1.165) is 28.5 Å². The first-order valence-electron chi connectivity index (χ1n) is 32.5. The van der Waals surface area contributed by atoms with Gasteiger partial charge in [0.2, 0.25) is 59.1 Å². The number of carbonyl (C=O) groups excluding carboxylic acids is 10. The van der Waals surface area contributed by atoms with Gasteiger partial charge in [0.05, 0.1) is 44.6 Å². The SMILES string of the molecule is CCCCC(CNC(=O)CN1CCN(CC(=O)O)CCN(CC(=O)O)CCN(CC(=O)O)CC1)C(=O)N[C@H]1CSSC[C@@H](C(=O)N[C@@H](CC(=O)O)C(N)=O)NC(=O)[C@H](Cc2ccccc2)NC(=O)[C@H](CCC(=O)O)NC(=O)[C@H]([C@@H](C)O)NC(=O)[C@@H]2CCCN2C(=O)[C@@H]2CCCN2C1=O. The lowest BCUT2D eigenvalue weighted by atomic mass is 10.0. The van der Waals surface area contributed by atoms with E-state index in [1.54, 1.807) is 49.9 Å². The highest BCUT2D eigenvalue weighted by Crippen LogP contribution is 2.29. The second kappa shape index (κ2) is 40.6. The Morgan fingerprint density at radius 1 is 0.612 bits per heavy atom. The number of unbranched alkanes of at least 4 members (excludes halogenated alkanes) is 1. The molecular formula is C61H92N14O21S2. The summed E-state index contributed by atoms with van der Waals surface area (Å²) in [7, 11) is 1.77. The van der Waals surface area contributed by atoms with Crippen molar-refractivity contribution in [3.8, 4) is 0 Å². The summed E-state index contributed by atoms with van der Waals surface area (Å²) < 4.78 is 0. The lowest BCUT2D eigenvalue weighted by Gasteiger charge is -2.34. The first-order chi connectivity index (χ1) is 46.5. The molecule has 4 aliphatic heterocycles. The van der Waals surface area contributed by atoms with Crippen molar-refractivity contribution in [2.75, 3.05) is 110 Å². The first-order valence-corrected chi connectivity index (χ1v) is 35.0. The zero-order valence-electron chi connectivity index (χ0n) is 54.8. The van der Waals surface area contributed by atoms with Gasteiger partial charge in [0.25, 0.3) is 0 Å². The predicted octanol–water partition coefficient (Wildman–Crippen LogP) is -4.88. The molecule has 0 bridgehead atoms. The molecule has 10 amide bonds. The molecule has 0 radical (unpaired) electrons. The first kappa shape index (κ1) is 80.5. The zero-order valence-corrected chi connectivity index (χ0v) is 56.5. The fourth-order valence-corrected chi connectivity index (χ4v) is 14.0. The number of nitrogens with zero attached hydrogens (tertiary/aromatic N) is 6. The van der Waals surface area contributed by atoms with Crippen molar-refractivity contribution in [1.29, 1.82) is 0 Å². The molecule has 4 saturated heterocycles. The Labute approximate surface area is 573 Å². The number of rotatable bonds is 26. The average molecular weight is 1420 g/mol. The minimum atomic E-state index is -1.82. The van der Waals surface area contributed by atoms with Crippen molar-refractivity contribution in [3.05, 3.63) is 35.9 Å². The highest BCUT2D eigenvalue weighted by Gasteiger charge is 2.45. The van der Waals surface area contributed by atoms with Crippen LogP contribution in [0.15, 0.2) is 30.3 Å². The molecule has 0 spiro atoms. The van der Waals surface area contributed by atoms with E-state index >= 15 is 4.79 Å². The van der Waals surface area contributed by atoms with Crippen LogP contribution in [0, 0.1) is 5.92 Å². The number of carboxylic acid groups (broad SMARTS) is 5. The van der Waals surface area contributed by atoms with E-state index in [1.807, 2.05) is 6.92 Å². The van der Waals surface area contributed by atoms with Crippen molar-refractivity contribution >= 4 is 111 Å². The molecular weight excluding hydrogens is 1330 g/mol. The number of nitrogens with one attached hydrogen (secondary N) is 7. The molecule has 5 rings (SSSR count). The van der Waals surface area contributed by atoms with Gasteiger partial charge < -0.3 is 83.4 Å². The zero-order chi connectivity index (χ0) is 72.2.